The quantitative estimate of drug-likeness (QED) is 0.547. The number of fused-ring (bicyclic) bond motifs is 2. The first-order chi connectivity index (χ1) is 14.8. The van der Waals surface area contributed by atoms with Gasteiger partial charge in [-0.1, -0.05) is 36.4 Å². The van der Waals surface area contributed by atoms with Crippen molar-refractivity contribution in [1.82, 2.24) is 4.90 Å². The first kappa shape index (κ1) is 21.2. The molecule has 2 aliphatic rings. The van der Waals surface area contributed by atoms with Gasteiger partial charge < -0.3 is 9.47 Å². The van der Waals surface area contributed by atoms with Gasteiger partial charge in [-0.3, -0.25) is 4.90 Å². The Morgan fingerprint density at radius 2 is 1.87 bits per heavy atom. The highest BCUT2D eigenvalue weighted by Gasteiger charge is 2.39. The van der Waals surface area contributed by atoms with E-state index < -0.39 is 24.0 Å². The van der Waals surface area contributed by atoms with Crippen LogP contribution in [0.25, 0.3) is 5.57 Å². The Morgan fingerprint density at radius 1 is 1.10 bits per heavy atom. The molecular weight excluding hydrogens is 414 g/mol. The van der Waals surface area contributed by atoms with E-state index in [9.17, 15) is 22.4 Å². The van der Waals surface area contributed by atoms with Crippen molar-refractivity contribution in [2.24, 2.45) is 0 Å². The summed E-state index contributed by atoms with van der Waals surface area (Å²) in [4.78, 5) is 14.4. The van der Waals surface area contributed by atoms with Crippen molar-refractivity contribution in [1.29, 1.82) is 0 Å². The Kier molecular flexibility index (Phi) is 5.89. The van der Waals surface area contributed by atoms with Gasteiger partial charge in [-0.2, -0.15) is 0 Å². The van der Waals surface area contributed by atoms with Crippen LogP contribution in [0.1, 0.15) is 36.8 Å². The van der Waals surface area contributed by atoms with Gasteiger partial charge in [-0.05, 0) is 55.0 Å². The van der Waals surface area contributed by atoms with E-state index in [0.717, 1.165) is 30.2 Å². The molecule has 4 nitrogen and oxygen atoms in total. The molecule has 1 amide bonds. The normalized spacial score (nSPS) is 20.8. The van der Waals surface area contributed by atoms with Crippen molar-refractivity contribution in [2.45, 2.75) is 50.7 Å². The lowest BCUT2D eigenvalue weighted by Crippen LogP contribution is -2.51. The summed E-state index contributed by atoms with van der Waals surface area (Å²) in [6.07, 6.45) is -0.898. The summed E-state index contributed by atoms with van der Waals surface area (Å²) in [5.74, 6) is -1.10. The number of ether oxygens (including phenoxy) is 2. The van der Waals surface area contributed by atoms with Crippen LogP contribution in [0, 0.1) is 5.82 Å². The fourth-order valence-electron chi connectivity index (χ4n) is 4.26. The zero-order chi connectivity index (χ0) is 22.0. The van der Waals surface area contributed by atoms with Gasteiger partial charge in [0.15, 0.2) is 0 Å². The Morgan fingerprint density at radius 3 is 2.58 bits per heavy atom. The number of carbonyl (C=O) groups excluding carboxylic acids is 1. The summed E-state index contributed by atoms with van der Waals surface area (Å²) in [6, 6.07) is 11.8. The largest absolute Gasteiger partial charge is 0.573 e. The van der Waals surface area contributed by atoms with Gasteiger partial charge in [-0.25, -0.2) is 9.18 Å². The average Bonchev–Trinajstić information content (AvgIpc) is 2.72. The highest BCUT2D eigenvalue weighted by molar-refractivity contribution is 5.75. The Bertz CT molecular complexity index is 975. The van der Waals surface area contributed by atoms with Crippen LogP contribution in [-0.2, 0) is 11.3 Å². The zero-order valence-corrected chi connectivity index (χ0v) is 16.6. The van der Waals surface area contributed by atoms with Gasteiger partial charge in [0.1, 0.15) is 18.2 Å². The van der Waals surface area contributed by atoms with Crippen LogP contribution >= 0.6 is 0 Å². The lowest BCUT2D eigenvalue weighted by Gasteiger charge is -2.44. The van der Waals surface area contributed by atoms with Gasteiger partial charge in [-0.15, -0.1) is 13.2 Å². The van der Waals surface area contributed by atoms with Crippen LogP contribution in [-0.4, -0.2) is 29.4 Å². The number of amides is 1. The van der Waals surface area contributed by atoms with Crippen LogP contribution < -0.4 is 4.74 Å². The molecule has 0 saturated carbocycles. The molecule has 0 aliphatic carbocycles. The number of nitrogens with zero attached hydrogens (tertiary/aromatic N) is 1. The minimum atomic E-state index is -4.86. The lowest BCUT2D eigenvalue weighted by molar-refractivity contribution is -0.274. The third-order valence-corrected chi connectivity index (χ3v) is 5.57. The number of rotatable bonds is 4. The van der Waals surface area contributed by atoms with Crippen LogP contribution in [0.2, 0.25) is 0 Å². The van der Waals surface area contributed by atoms with Gasteiger partial charge in [0.05, 0.1) is 6.04 Å². The second-order valence-electron chi connectivity index (χ2n) is 7.69. The minimum Gasteiger partial charge on any atom is -0.445 e. The summed E-state index contributed by atoms with van der Waals surface area (Å²) >= 11 is 0. The Hall–Kier alpha value is -3.03. The predicted octanol–water partition coefficient (Wildman–Crippen LogP) is 6.07. The molecule has 4 rings (SSSR count). The molecule has 2 aromatic rings. The highest BCUT2D eigenvalue weighted by Crippen LogP contribution is 2.39. The molecule has 0 aromatic heterocycles. The molecule has 2 aliphatic heterocycles. The maximum Gasteiger partial charge on any atom is 0.573 e. The fourth-order valence-corrected chi connectivity index (χ4v) is 4.26. The van der Waals surface area contributed by atoms with Crippen molar-refractivity contribution in [2.75, 3.05) is 0 Å². The molecule has 2 heterocycles. The number of halogens is 4. The molecule has 2 atom stereocenters. The predicted molar refractivity (Wildman–Crippen MR) is 106 cm³/mol. The van der Waals surface area contributed by atoms with E-state index in [-0.39, 0.29) is 24.3 Å². The summed E-state index contributed by atoms with van der Waals surface area (Å²) in [5.41, 5.74) is 1.51. The monoisotopic (exact) mass is 435 g/mol. The fraction of sp³-hybridized carbons (Fsp3) is 0.348. The topological polar surface area (TPSA) is 38.8 Å². The number of hydrogen-bond acceptors (Lipinski definition) is 3. The Balaban J connectivity index is 1.53. The van der Waals surface area contributed by atoms with Gasteiger partial charge in [0.25, 0.3) is 0 Å². The lowest BCUT2D eigenvalue weighted by atomic mass is 9.83. The van der Waals surface area contributed by atoms with E-state index in [4.69, 9.17) is 4.74 Å². The van der Waals surface area contributed by atoms with Crippen molar-refractivity contribution in [3.8, 4) is 5.75 Å². The van der Waals surface area contributed by atoms with Gasteiger partial charge in [0, 0.05) is 11.6 Å². The molecule has 0 N–H and O–H groups in total. The van der Waals surface area contributed by atoms with Crippen LogP contribution in [0.3, 0.4) is 0 Å². The standard InChI is InChI=1S/C23H21F4NO3/c24-21-10-9-19(31-23(25,26)27)13-20(21)16-11-17-7-4-8-18(12-16)28(17)22(29)30-14-15-5-2-1-3-6-15/h1-3,5-6,9-11,13,17-18H,4,7-8,12,14H2. The van der Waals surface area contributed by atoms with E-state index in [1.54, 1.807) is 11.0 Å². The SMILES string of the molecule is O=C(OCc1ccccc1)N1C2C=C(c3cc(OC(F)(F)F)ccc3F)CC1CCC2. The van der Waals surface area contributed by atoms with Crippen molar-refractivity contribution >= 4 is 11.7 Å². The van der Waals surface area contributed by atoms with E-state index in [2.05, 4.69) is 4.74 Å². The Labute approximate surface area is 177 Å². The van der Waals surface area contributed by atoms with E-state index in [1.165, 1.54) is 0 Å². The minimum absolute atomic E-state index is 0.0657. The molecule has 1 saturated heterocycles. The molecule has 2 bridgehead atoms. The summed E-state index contributed by atoms with van der Waals surface area (Å²) in [7, 11) is 0. The third kappa shape index (κ3) is 5.00. The average molecular weight is 435 g/mol. The molecule has 0 radical (unpaired) electrons. The number of carbonyl (C=O) groups is 1. The zero-order valence-electron chi connectivity index (χ0n) is 16.6. The number of piperidine rings is 1. The smallest absolute Gasteiger partial charge is 0.445 e. The molecule has 31 heavy (non-hydrogen) atoms. The second kappa shape index (κ2) is 8.61. The first-order valence-corrected chi connectivity index (χ1v) is 10.1. The van der Waals surface area contributed by atoms with E-state index >= 15 is 0 Å². The van der Waals surface area contributed by atoms with Crippen LogP contribution in [0.5, 0.6) is 5.75 Å². The number of alkyl halides is 3. The second-order valence-corrected chi connectivity index (χ2v) is 7.69. The van der Waals surface area contributed by atoms with E-state index in [0.29, 0.717) is 24.8 Å². The van der Waals surface area contributed by atoms with Crippen molar-refractivity contribution in [3.63, 3.8) is 0 Å². The van der Waals surface area contributed by atoms with E-state index in [1.807, 2.05) is 30.3 Å². The first-order valence-electron chi connectivity index (χ1n) is 10.1. The highest BCUT2D eigenvalue weighted by atomic mass is 19.4. The molecule has 2 unspecified atom stereocenters. The maximum absolute atomic E-state index is 14.4. The molecule has 8 heteroatoms. The molecule has 164 valence electrons. The number of hydrogen-bond donors (Lipinski definition) is 0. The van der Waals surface area contributed by atoms with Crippen LogP contribution in [0.4, 0.5) is 22.4 Å². The molecular formula is C23H21F4NO3. The van der Waals surface area contributed by atoms with Crippen molar-refractivity contribution in [3.05, 3.63) is 71.6 Å². The van der Waals surface area contributed by atoms with Crippen LogP contribution in [0.15, 0.2) is 54.6 Å². The van der Waals surface area contributed by atoms with Gasteiger partial charge in [0.2, 0.25) is 0 Å². The maximum atomic E-state index is 14.4. The molecule has 1 fully saturated rings. The summed E-state index contributed by atoms with van der Waals surface area (Å²) < 4.78 is 61.5. The summed E-state index contributed by atoms with van der Waals surface area (Å²) in [5, 5.41) is 0. The van der Waals surface area contributed by atoms with Crippen molar-refractivity contribution < 1.29 is 31.8 Å². The summed E-state index contributed by atoms with van der Waals surface area (Å²) in [6.45, 7) is 0.150. The van der Waals surface area contributed by atoms with Gasteiger partial charge >= 0.3 is 12.5 Å². The molecule has 0 spiro atoms. The number of benzene rings is 2. The molecule has 2 aromatic carbocycles. The third-order valence-electron chi connectivity index (χ3n) is 5.57.